The molecule has 0 radical (unpaired) electrons. The first-order valence-electron chi connectivity index (χ1n) is 5.98. The highest BCUT2D eigenvalue weighted by Gasteiger charge is 2.06. The van der Waals surface area contributed by atoms with Crippen LogP contribution < -0.4 is 0 Å². The van der Waals surface area contributed by atoms with Crippen molar-refractivity contribution in [2.45, 2.75) is 19.3 Å². The first kappa shape index (κ1) is 11.6. The van der Waals surface area contributed by atoms with Gasteiger partial charge in [-0.3, -0.25) is 4.79 Å². The molecule has 1 aliphatic carbocycles. The fourth-order valence-corrected chi connectivity index (χ4v) is 1.86. The summed E-state index contributed by atoms with van der Waals surface area (Å²) in [5, 5.41) is 0. The zero-order valence-corrected chi connectivity index (χ0v) is 9.80. The Kier molecular flexibility index (Phi) is 4.09. The largest absolute Gasteiger partial charge is 0.295 e. The van der Waals surface area contributed by atoms with E-state index in [2.05, 4.69) is 18.2 Å². The Hall–Kier alpha value is -1.89. The number of carbonyl (C=O) groups excluding carboxylic acids is 1. The number of allylic oxidation sites excluding steroid dienone is 5. The monoisotopic (exact) mass is 224 g/mol. The second-order valence-corrected chi connectivity index (χ2v) is 4.17. The van der Waals surface area contributed by atoms with Crippen LogP contribution >= 0.6 is 0 Å². The van der Waals surface area contributed by atoms with E-state index in [0.29, 0.717) is 6.42 Å². The van der Waals surface area contributed by atoms with Crippen molar-refractivity contribution in [3.05, 3.63) is 65.8 Å². The molecule has 0 bridgehead atoms. The van der Waals surface area contributed by atoms with E-state index in [1.807, 2.05) is 36.4 Å². The van der Waals surface area contributed by atoms with E-state index >= 15 is 0 Å². The molecule has 1 aromatic rings. The average Bonchev–Trinajstić information content (AvgIpc) is 2.36. The van der Waals surface area contributed by atoms with Gasteiger partial charge in [-0.15, -0.1) is 0 Å². The normalized spacial score (nSPS) is 16.7. The van der Waals surface area contributed by atoms with Gasteiger partial charge in [0, 0.05) is 6.42 Å². The smallest absolute Gasteiger partial charge is 0.155 e. The summed E-state index contributed by atoms with van der Waals surface area (Å²) in [6.45, 7) is 0. The van der Waals surface area contributed by atoms with Crippen LogP contribution in [0.2, 0.25) is 0 Å². The van der Waals surface area contributed by atoms with Crippen LogP contribution in [-0.4, -0.2) is 5.78 Å². The molecule has 2 rings (SSSR count). The van der Waals surface area contributed by atoms with Crippen LogP contribution in [-0.2, 0) is 4.79 Å². The van der Waals surface area contributed by atoms with Gasteiger partial charge in [-0.1, -0.05) is 54.6 Å². The lowest BCUT2D eigenvalue weighted by atomic mass is 9.98. The zero-order valence-electron chi connectivity index (χ0n) is 9.80. The number of rotatable bonds is 3. The summed E-state index contributed by atoms with van der Waals surface area (Å²) in [6.07, 6.45) is 12.6. The third kappa shape index (κ3) is 3.87. The molecule has 0 heterocycles. The van der Waals surface area contributed by atoms with Crippen LogP contribution in [0.5, 0.6) is 0 Å². The molecule has 0 amide bonds. The highest BCUT2D eigenvalue weighted by molar-refractivity contribution is 5.91. The lowest BCUT2D eigenvalue weighted by Gasteiger charge is -2.06. The van der Waals surface area contributed by atoms with E-state index < -0.39 is 0 Å². The van der Waals surface area contributed by atoms with Crippen molar-refractivity contribution in [1.29, 1.82) is 0 Å². The van der Waals surface area contributed by atoms with Crippen molar-refractivity contribution >= 4 is 11.9 Å². The molecule has 0 aliphatic heterocycles. The summed E-state index contributed by atoms with van der Waals surface area (Å²) in [7, 11) is 0. The molecule has 86 valence electrons. The Morgan fingerprint density at radius 3 is 2.47 bits per heavy atom. The van der Waals surface area contributed by atoms with E-state index in [1.54, 1.807) is 6.08 Å². The molecule has 0 aromatic heterocycles. The average molecular weight is 224 g/mol. The van der Waals surface area contributed by atoms with Crippen LogP contribution in [0, 0.1) is 0 Å². The molecule has 0 fully saturated rings. The molecule has 1 heteroatoms. The summed E-state index contributed by atoms with van der Waals surface area (Å²) in [5.41, 5.74) is 2.32. The number of ketones is 1. The molecule has 17 heavy (non-hydrogen) atoms. The lowest BCUT2D eigenvalue weighted by molar-refractivity contribution is -0.115. The van der Waals surface area contributed by atoms with E-state index in [-0.39, 0.29) is 5.78 Å². The minimum atomic E-state index is 0.253. The molecule has 0 atom stereocenters. The molecule has 0 N–H and O–H groups in total. The Morgan fingerprint density at radius 1 is 0.941 bits per heavy atom. The second-order valence-electron chi connectivity index (χ2n) is 4.17. The van der Waals surface area contributed by atoms with Gasteiger partial charge in [-0.05, 0) is 30.1 Å². The summed E-state index contributed by atoms with van der Waals surface area (Å²) in [5.74, 6) is 0.253. The maximum atomic E-state index is 11.2. The Bertz CT molecular complexity index is 464. The lowest BCUT2D eigenvalue weighted by Crippen LogP contribution is -2.00. The third-order valence-corrected chi connectivity index (χ3v) is 2.74. The first-order chi connectivity index (χ1) is 8.34. The number of hydrogen-bond donors (Lipinski definition) is 0. The topological polar surface area (TPSA) is 17.1 Å². The predicted molar refractivity (Wildman–Crippen MR) is 71.6 cm³/mol. The maximum Gasteiger partial charge on any atom is 0.155 e. The van der Waals surface area contributed by atoms with E-state index in [4.69, 9.17) is 0 Å². The van der Waals surface area contributed by atoms with Crippen LogP contribution in [0.3, 0.4) is 0 Å². The number of benzene rings is 1. The van der Waals surface area contributed by atoms with Crippen LogP contribution in [0.15, 0.2) is 60.2 Å². The van der Waals surface area contributed by atoms with Crippen molar-refractivity contribution in [3.8, 4) is 0 Å². The molecule has 0 unspecified atom stereocenters. The maximum absolute atomic E-state index is 11.2. The Labute approximate surface area is 102 Å². The summed E-state index contributed by atoms with van der Waals surface area (Å²) >= 11 is 0. The summed E-state index contributed by atoms with van der Waals surface area (Å²) < 4.78 is 0. The Morgan fingerprint density at radius 2 is 1.71 bits per heavy atom. The second kappa shape index (κ2) is 6.00. The van der Waals surface area contributed by atoms with Gasteiger partial charge >= 0.3 is 0 Å². The van der Waals surface area contributed by atoms with Gasteiger partial charge in [0.25, 0.3) is 0 Å². The third-order valence-electron chi connectivity index (χ3n) is 2.74. The van der Waals surface area contributed by atoms with Gasteiger partial charge in [0.1, 0.15) is 0 Å². The van der Waals surface area contributed by atoms with Gasteiger partial charge in [-0.2, -0.15) is 0 Å². The van der Waals surface area contributed by atoms with Gasteiger partial charge < -0.3 is 0 Å². The van der Waals surface area contributed by atoms with Gasteiger partial charge in [0.05, 0.1) is 0 Å². The van der Waals surface area contributed by atoms with Crippen LogP contribution in [0.1, 0.15) is 24.8 Å². The quantitative estimate of drug-likeness (QED) is 0.711. The molecule has 0 saturated carbocycles. The van der Waals surface area contributed by atoms with Crippen molar-refractivity contribution in [2.24, 2.45) is 0 Å². The minimum absolute atomic E-state index is 0.253. The summed E-state index contributed by atoms with van der Waals surface area (Å²) in [6, 6.07) is 10.2. The molecular weight excluding hydrogens is 208 g/mol. The number of carbonyl (C=O) groups is 1. The van der Waals surface area contributed by atoms with Gasteiger partial charge in [0.15, 0.2) is 5.78 Å². The summed E-state index contributed by atoms with van der Waals surface area (Å²) in [4.78, 5) is 11.2. The molecule has 0 spiro atoms. The SMILES string of the molecule is O=C1C=C(/C=C/C=C/c2ccccc2)CCC1. The fraction of sp³-hybridized carbons (Fsp3) is 0.188. The van der Waals surface area contributed by atoms with Crippen LogP contribution in [0.4, 0.5) is 0 Å². The number of hydrogen-bond acceptors (Lipinski definition) is 1. The molecule has 1 aromatic carbocycles. The molecule has 1 aliphatic rings. The van der Waals surface area contributed by atoms with Gasteiger partial charge in [-0.25, -0.2) is 0 Å². The van der Waals surface area contributed by atoms with E-state index in [0.717, 1.165) is 18.4 Å². The van der Waals surface area contributed by atoms with E-state index in [1.165, 1.54) is 5.56 Å². The standard InChI is InChI=1S/C16H16O/c17-16-12-6-11-15(13-16)10-5-4-9-14-7-2-1-3-8-14/h1-5,7-10,13H,6,11-12H2/b9-4+,10-5+. The molecule has 0 saturated heterocycles. The Balaban J connectivity index is 1.94. The highest BCUT2D eigenvalue weighted by atomic mass is 16.1. The van der Waals surface area contributed by atoms with Crippen LogP contribution in [0.25, 0.3) is 6.08 Å². The van der Waals surface area contributed by atoms with Crippen molar-refractivity contribution in [3.63, 3.8) is 0 Å². The van der Waals surface area contributed by atoms with Crippen molar-refractivity contribution < 1.29 is 4.79 Å². The van der Waals surface area contributed by atoms with Gasteiger partial charge in [0.2, 0.25) is 0 Å². The molecular formula is C16H16O. The van der Waals surface area contributed by atoms with E-state index in [9.17, 15) is 4.79 Å². The first-order valence-corrected chi connectivity index (χ1v) is 5.98. The zero-order chi connectivity index (χ0) is 11.9. The molecule has 1 nitrogen and oxygen atoms in total. The van der Waals surface area contributed by atoms with Crippen molar-refractivity contribution in [2.75, 3.05) is 0 Å². The van der Waals surface area contributed by atoms with Crippen molar-refractivity contribution in [1.82, 2.24) is 0 Å². The predicted octanol–water partition coefficient (Wildman–Crippen LogP) is 3.94. The fourth-order valence-electron chi connectivity index (χ4n) is 1.86. The minimum Gasteiger partial charge on any atom is -0.295 e. The highest BCUT2D eigenvalue weighted by Crippen LogP contribution is 2.16.